The van der Waals surface area contributed by atoms with Gasteiger partial charge in [0, 0.05) is 39.3 Å². The van der Waals surface area contributed by atoms with Gasteiger partial charge in [0.1, 0.15) is 0 Å². The highest BCUT2D eigenvalue weighted by atomic mass is 32.2. The van der Waals surface area contributed by atoms with Crippen LogP contribution in [0.3, 0.4) is 0 Å². The van der Waals surface area contributed by atoms with Gasteiger partial charge in [-0.3, -0.25) is 0 Å². The number of hydrogen-bond acceptors (Lipinski definition) is 4. The molecule has 2 N–H and O–H groups in total. The highest BCUT2D eigenvalue weighted by molar-refractivity contribution is 7.88. The molecule has 0 radical (unpaired) electrons. The van der Waals surface area contributed by atoms with Crippen LogP contribution >= 0.6 is 0 Å². The van der Waals surface area contributed by atoms with Crippen LogP contribution in [0.15, 0.2) is 24.3 Å². The van der Waals surface area contributed by atoms with Crippen molar-refractivity contribution in [1.29, 1.82) is 0 Å². The number of nitrogens with zero attached hydrogens (tertiary/aromatic N) is 2. The molecule has 2 rings (SSSR count). The fourth-order valence-corrected chi connectivity index (χ4v) is 3.39. The molecule has 0 saturated carbocycles. The second-order valence-electron chi connectivity index (χ2n) is 5.23. The summed E-state index contributed by atoms with van der Waals surface area (Å²) in [5.74, 6) is 0. The molecule has 0 spiro atoms. The first kappa shape index (κ1) is 15.4. The number of hydrogen-bond donors (Lipinski definition) is 1. The van der Waals surface area contributed by atoms with Crippen molar-refractivity contribution in [1.82, 2.24) is 9.21 Å². The lowest BCUT2D eigenvalue weighted by molar-refractivity contribution is 0.190. The van der Waals surface area contributed by atoms with Gasteiger partial charge in [-0.25, -0.2) is 8.42 Å². The smallest absolute Gasteiger partial charge is 0.211 e. The minimum absolute atomic E-state index is 0.567. The maximum absolute atomic E-state index is 11.4. The van der Waals surface area contributed by atoms with Gasteiger partial charge in [0.15, 0.2) is 0 Å². The van der Waals surface area contributed by atoms with Crippen LogP contribution in [0.4, 0.5) is 0 Å². The lowest BCUT2D eigenvalue weighted by Gasteiger charge is -2.33. The van der Waals surface area contributed by atoms with Crippen molar-refractivity contribution in [3.05, 3.63) is 35.4 Å². The summed E-state index contributed by atoms with van der Waals surface area (Å²) in [5, 5.41) is 0. The summed E-state index contributed by atoms with van der Waals surface area (Å²) in [6, 6.07) is 8.23. The van der Waals surface area contributed by atoms with E-state index in [4.69, 9.17) is 5.73 Å². The van der Waals surface area contributed by atoms with E-state index < -0.39 is 10.0 Å². The van der Waals surface area contributed by atoms with Crippen LogP contribution in [-0.4, -0.2) is 56.6 Å². The Morgan fingerprint density at radius 3 is 2.25 bits per heavy atom. The Bertz CT molecular complexity index is 537. The van der Waals surface area contributed by atoms with Gasteiger partial charge in [-0.1, -0.05) is 24.3 Å². The van der Waals surface area contributed by atoms with E-state index in [9.17, 15) is 8.42 Å². The molecule has 0 aromatic heterocycles. The summed E-state index contributed by atoms with van der Waals surface area (Å²) in [4.78, 5) is 2.31. The zero-order valence-corrected chi connectivity index (χ0v) is 12.8. The van der Waals surface area contributed by atoms with Crippen LogP contribution in [0, 0.1) is 0 Å². The van der Waals surface area contributed by atoms with E-state index in [1.165, 1.54) is 17.4 Å². The van der Waals surface area contributed by atoms with Crippen molar-refractivity contribution in [2.75, 3.05) is 39.0 Å². The molecule has 112 valence electrons. The maximum atomic E-state index is 11.4. The third-order valence-corrected chi connectivity index (χ3v) is 5.14. The van der Waals surface area contributed by atoms with E-state index >= 15 is 0 Å². The Labute approximate surface area is 121 Å². The summed E-state index contributed by atoms with van der Waals surface area (Å²) in [5.41, 5.74) is 8.23. The Morgan fingerprint density at radius 2 is 1.70 bits per heavy atom. The van der Waals surface area contributed by atoms with Crippen molar-refractivity contribution >= 4 is 10.0 Å². The van der Waals surface area contributed by atoms with Gasteiger partial charge in [0.25, 0.3) is 0 Å². The molecule has 1 aliphatic rings. The lowest BCUT2D eigenvalue weighted by atomic mass is 10.0. The topological polar surface area (TPSA) is 66.6 Å². The van der Waals surface area contributed by atoms with Crippen LogP contribution in [0.5, 0.6) is 0 Å². The van der Waals surface area contributed by atoms with Gasteiger partial charge in [-0.15, -0.1) is 0 Å². The summed E-state index contributed by atoms with van der Waals surface area (Å²) in [7, 11) is -3.04. The fourth-order valence-electron chi connectivity index (χ4n) is 2.56. The van der Waals surface area contributed by atoms with Crippen molar-refractivity contribution in [2.24, 2.45) is 5.73 Å². The standard InChI is InChI=1S/C14H23N3O2S/c1-20(18,19)17-10-8-16(9-11-17)7-6-13-4-2-3-5-14(13)12-15/h2-5H,6-12,15H2,1H3. The summed E-state index contributed by atoms with van der Waals surface area (Å²) in [6.07, 6.45) is 2.24. The molecular formula is C14H23N3O2S. The maximum Gasteiger partial charge on any atom is 0.211 e. The molecular weight excluding hydrogens is 274 g/mol. The SMILES string of the molecule is CS(=O)(=O)N1CCN(CCc2ccccc2CN)CC1. The largest absolute Gasteiger partial charge is 0.326 e. The molecule has 0 bridgehead atoms. The molecule has 0 aliphatic carbocycles. The Morgan fingerprint density at radius 1 is 1.10 bits per heavy atom. The van der Waals surface area contributed by atoms with Crippen LogP contribution in [0.25, 0.3) is 0 Å². The number of nitrogens with two attached hydrogens (primary N) is 1. The van der Waals surface area contributed by atoms with Crippen molar-refractivity contribution < 1.29 is 8.42 Å². The van der Waals surface area contributed by atoms with Crippen molar-refractivity contribution in [3.8, 4) is 0 Å². The van der Waals surface area contributed by atoms with Crippen molar-refractivity contribution in [2.45, 2.75) is 13.0 Å². The molecule has 1 saturated heterocycles. The highest BCUT2D eigenvalue weighted by Crippen LogP contribution is 2.11. The minimum Gasteiger partial charge on any atom is -0.326 e. The number of sulfonamides is 1. The van der Waals surface area contributed by atoms with Crippen LogP contribution in [-0.2, 0) is 23.0 Å². The average molecular weight is 297 g/mol. The molecule has 1 aromatic carbocycles. The van der Waals surface area contributed by atoms with E-state index in [1.54, 1.807) is 4.31 Å². The first-order chi connectivity index (χ1) is 9.50. The van der Waals surface area contributed by atoms with E-state index in [-0.39, 0.29) is 0 Å². The molecule has 0 atom stereocenters. The van der Waals surface area contributed by atoms with Gasteiger partial charge in [-0.2, -0.15) is 4.31 Å². The number of rotatable bonds is 5. The second kappa shape index (κ2) is 6.67. The van der Waals surface area contributed by atoms with Crippen LogP contribution in [0.1, 0.15) is 11.1 Å². The quantitative estimate of drug-likeness (QED) is 0.847. The predicted molar refractivity (Wildman–Crippen MR) is 80.9 cm³/mol. The molecule has 1 heterocycles. The Kier molecular flexibility index (Phi) is 5.15. The molecule has 1 fully saturated rings. The number of piperazine rings is 1. The van der Waals surface area contributed by atoms with Gasteiger partial charge < -0.3 is 10.6 Å². The van der Waals surface area contributed by atoms with E-state index in [1.807, 2.05) is 12.1 Å². The van der Waals surface area contributed by atoms with E-state index in [0.29, 0.717) is 19.6 Å². The Balaban J connectivity index is 1.85. The van der Waals surface area contributed by atoms with Gasteiger partial charge in [-0.05, 0) is 17.5 Å². The summed E-state index contributed by atoms with van der Waals surface area (Å²) >= 11 is 0. The molecule has 20 heavy (non-hydrogen) atoms. The molecule has 5 nitrogen and oxygen atoms in total. The third-order valence-electron chi connectivity index (χ3n) is 3.84. The zero-order valence-electron chi connectivity index (χ0n) is 12.0. The van der Waals surface area contributed by atoms with Gasteiger partial charge in [0.2, 0.25) is 10.0 Å². The van der Waals surface area contributed by atoms with E-state index in [0.717, 1.165) is 26.1 Å². The number of benzene rings is 1. The fraction of sp³-hybridized carbons (Fsp3) is 0.571. The molecule has 1 aromatic rings. The normalized spacial score (nSPS) is 18.3. The minimum atomic E-state index is -3.04. The third kappa shape index (κ3) is 4.02. The van der Waals surface area contributed by atoms with E-state index in [2.05, 4.69) is 17.0 Å². The molecule has 0 unspecified atom stereocenters. The van der Waals surface area contributed by atoms with Crippen molar-refractivity contribution in [3.63, 3.8) is 0 Å². The van der Waals surface area contributed by atoms with Gasteiger partial charge in [0.05, 0.1) is 6.26 Å². The molecule has 0 amide bonds. The second-order valence-corrected chi connectivity index (χ2v) is 7.21. The van der Waals surface area contributed by atoms with Crippen LogP contribution < -0.4 is 5.73 Å². The first-order valence-electron chi connectivity index (χ1n) is 6.95. The lowest BCUT2D eigenvalue weighted by Crippen LogP contribution is -2.48. The average Bonchev–Trinajstić information content (AvgIpc) is 2.45. The first-order valence-corrected chi connectivity index (χ1v) is 8.80. The molecule has 1 aliphatic heterocycles. The predicted octanol–water partition coefficient (Wildman–Crippen LogP) is 0.265. The zero-order chi connectivity index (χ0) is 14.6. The van der Waals surface area contributed by atoms with Gasteiger partial charge >= 0.3 is 0 Å². The summed E-state index contributed by atoms with van der Waals surface area (Å²) in [6.45, 7) is 4.32. The highest BCUT2D eigenvalue weighted by Gasteiger charge is 2.22. The van der Waals surface area contributed by atoms with Crippen LogP contribution in [0.2, 0.25) is 0 Å². The monoisotopic (exact) mass is 297 g/mol. The molecule has 6 heteroatoms. The summed E-state index contributed by atoms with van der Waals surface area (Å²) < 4.78 is 24.5. The Hall–Kier alpha value is -0.950.